The molecule has 5 heteroatoms. The van der Waals surface area contributed by atoms with Gasteiger partial charge in [0, 0.05) is 0 Å². The van der Waals surface area contributed by atoms with Crippen molar-refractivity contribution in [1.82, 2.24) is 5.32 Å². The number of hydrogen-bond acceptors (Lipinski definition) is 4. The first-order chi connectivity index (χ1) is 19.5. The molecule has 4 N–H and O–H groups in total. The van der Waals surface area contributed by atoms with Crippen molar-refractivity contribution < 1.29 is 20.1 Å². The first kappa shape index (κ1) is 38.8. The third kappa shape index (κ3) is 27.0. The van der Waals surface area contributed by atoms with Crippen LogP contribution < -0.4 is 5.32 Å². The molecule has 40 heavy (non-hydrogen) atoms. The molecule has 3 atom stereocenters. The molecule has 0 aliphatic carbocycles. The maximum absolute atomic E-state index is 12.3. The van der Waals surface area contributed by atoms with Crippen molar-refractivity contribution in [3.8, 4) is 0 Å². The van der Waals surface area contributed by atoms with Crippen molar-refractivity contribution in [2.45, 2.75) is 186 Å². The number of nitrogens with one attached hydrogen (secondary N) is 1. The molecule has 0 aromatic rings. The van der Waals surface area contributed by atoms with E-state index in [1.54, 1.807) is 6.08 Å². The standard InChI is InChI=1S/C35H67NO4/c1-3-5-7-9-11-13-14-15-16-17-18-19-20-21-23-25-27-29-34(39)33(31-37)36-35(40)30-32(38)28-26-24-22-12-10-8-6-4-2/h20-21,27,29,32-34,37-39H,3-19,22-26,28,30-31H2,1-2H3,(H,36,40)/b21-20+,29-27+. The predicted octanol–water partition coefficient (Wildman–Crippen LogP) is 8.70. The van der Waals surface area contributed by atoms with E-state index in [4.69, 9.17) is 0 Å². The van der Waals surface area contributed by atoms with E-state index in [1.165, 1.54) is 109 Å². The Kier molecular flexibility index (Phi) is 29.9. The number of aliphatic hydroxyl groups excluding tert-OH is 3. The van der Waals surface area contributed by atoms with Gasteiger partial charge in [-0.25, -0.2) is 0 Å². The molecule has 0 saturated heterocycles. The van der Waals surface area contributed by atoms with Crippen molar-refractivity contribution in [3.63, 3.8) is 0 Å². The number of carbonyl (C=O) groups is 1. The van der Waals surface area contributed by atoms with Gasteiger partial charge in [0.15, 0.2) is 0 Å². The molecule has 1 amide bonds. The molecule has 0 aliphatic rings. The normalized spacial score (nSPS) is 14.2. The summed E-state index contributed by atoms with van der Waals surface area (Å²) >= 11 is 0. The Hall–Kier alpha value is -1.17. The third-order valence-electron chi connectivity index (χ3n) is 7.74. The fourth-order valence-electron chi connectivity index (χ4n) is 5.06. The summed E-state index contributed by atoms with van der Waals surface area (Å²) in [5.74, 6) is -0.330. The van der Waals surface area contributed by atoms with Crippen LogP contribution in [0.5, 0.6) is 0 Å². The second kappa shape index (κ2) is 30.8. The Morgan fingerprint density at radius 3 is 1.60 bits per heavy atom. The van der Waals surface area contributed by atoms with Gasteiger partial charge in [0.25, 0.3) is 0 Å². The summed E-state index contributed by atoms with van der Waals surface area (Å²) in [7, 11) is 0. The van der Waals surface area contributed by atoms with Gasteiger partial charge in [0.05, 0.1) is 31.3 Å². The van der Waals surface area contributed by atoms with Crippen molar-refractivity contribution in [3.05, 3.63) is 24.3 Å². The topological polar surface area (TPSA) is 89.8 Å². The Balaban J connectivity index is 3.80. The van der Waals surface area contributed by atoms with E-state index in [0.29, 0.717) is 6.42 Å². The van der Waals surface area contributed by atoms with Crippen LogP contribution in [0.2, 0.25) is 0 Å². The molecule has 0 aromatic carbocycles. The summed E-state index contributed by atoms with van der Waals surface area (Å²) < 4.78 is 0. The molecule has 0 heterocycles. The number of rotatable bonds is 30. The molecule has 236 valence electrons. The van der Waals surface area contributed by atoms with Crippen molar-refractivity contribution in [1.29, 1.82) is 0 Å². The van der Waals surface area contributed by atoms with Crippen molar-refractivity contribution >= 4 is 5.91 Å². The third-order valence-corrected chi connectivity index (χ3v) is 7.74. The number of amides is 1. The van der Waals surface area contributed by atoms with Crippen LogP contribution >= 0.6 is 0 Å². The van der Waals surface area contributed by atoms with Gasteiger partial charge in [-0.15, -0.1) is 0 Å². The highest BCUT2D eigenvalue weighted by molar-refractivity contribution is 5.76. The lowest BCUT2D eigenvalue weighted by Gasteiger charge is -2.21. The summed E-state index contributed by atoms with van der Waals surface area (Å²) in [5, 5.41) is 32.8. The first-order valence-corrected chi connectivity index (χ1v) is 17.1. The van der Waals surface area contributed by atoms with Gasteiger partial charge in [-0.1, -0.05) is 154 Å². The molecule has 5 nitrogen and oxygen atoms in total. The number of allylic oxidation sites excluding steroid dienone is 3. The molecular weight excluding hydrogens is 498 g/mol. The minimum atomic E-state index is -0.945. The average Bonchev–Trinajstić information content (AvgIpc) is 2.94. The van der Waals surface area contributed by atoms with E-state index in [1.807, 2.05) is 6.08 Å². The van der Waals surface area contributed by atoms with Crippen molar-refractivity contribution in [2.24, 2.45) is 0 Å². The molecule has 0 rings (SSSR count). The Morgan fingerprint density at radius 2 is 1.07 bits per heavy atom. The Bertz CT molecular complexity index is 592. The molecule has 0 aliphatic heterocycles. The highest BCUT2D eigenvalue weighted by Crippen LogP contribution is 2.13. The fraction of sp³-hybridized carbons (Fsp3) is 0.857. The van der Waals surface area contributed by atoms with E-state index in [-0.39, 0.29) is 18.9 Å². The zero-order chi connectivity index (χ0) is 29.5. The lowest BCUT2D eigenvalue weighted by molar-refractivity contribution is -0.124. The smallest absolute Gasteiger partial charge is 0.222 e. The van der Waals surface area contributed by atoms with E-state index in [9.17, 15) is 20.1 Å². The van der Waals surface area contributed by atoms with Gasteiger partial charge in [0.2, 0.25) is 5.91 Å². The lowest BCUT2D eigenvalue weighted by atomic mass is 10.0. The molecule has 3 unspecified atom stereocenters. The van der Waals surface area contributed by atoms with Crippen LogP contribution in [0.4, 0.5) is 0 Å². The van der Waals surface area contributed by atoms with Crippen LogP contribution in [0.25, 0.3) is 0 Å². The van der Waals surface area contributed by atoms with Crippen LogP contribution in [0.15, 0.2) is 24.3 Å². The summed E-state index contributed by atoms with van der Waals surface area (Å²) in [6.45, 7) is 4.15. The molecule has 0 spiro atoms. The van der Waals surface area contributed by atoms with Gasteiger partial charge in [-0.2, -0.15) is 0 Å². The highest BCUT2D eigenvalue weighted by atomic mass is 16.3. The van der Waals surface area contributed by atoms with Crippen LogP contribution in [-0.4, -0.2) is 46.1 Å². The monoisotopic (exact) mass is 566 g/mol. The molecule has 0 bridgehead atoms. The maximum atomic E-state index is 12.3. The van der Waals surface area contributed by atoms with E-state index < -0.39 is 18.2 Å². The van der Waals surface area contributed by atoms with Gasteiger partial charge < -0.3 is 20.6 Å². The second-order valence-corrected chi connectivity index (χ2v) is 11.8. The van der Waals surface area contributed by atoms with Gasteiger partial charge >= 0.3 is 0 Å². The number of hydrogen-bond donors (Lipinski definition) is 4. The van der Waals surface area contributed by atoms with Gasteiger partial charge in [-0.3, -0.25) is 4.79 Å². The second-order valence-electron chi connectivity index (χ2n) is 11.8. The Labute approximate surface area is 248 Å². The summed E-state index contributed by atoms with van der Waals surface area (Å²) in [5.41, 5.74) is 0. The number of carbonyl (C=O) groups excluding carboxylic acids is 1. The molecule has 0 fully saturated rings. The van der Waals surface area contributed by atoms with E-state index in [2.05, 4.69) is 31.3 Å². The van der Waals surface area contributed by atoms with Gasteiger partial charge in [-0.05, 0) is 32.1 Å². The maximum Gasteiger partial charge on any atom is 0.222 e. The zero-order valence-corrected chi connectivity index (χ0v) is 26.5. The van der Waals surface area contributed by atoms with Gasteiger partial charge in [0.1, 0.15) is 0 Å². The molecule has 0 saturated carbocycles. The Morgan fingerprint density at radius 1 is 0.625 bits per heavy atom. The highest BCUT2D eigenvalue weighted by Gasteiger charge is 2.20. The predicted molar refractivity (Wildman–Crippen MR) is 171 cm³/mol. The fourth-order valence-corrected chi connectivity index (χ4v) is 5.06. The minimum Gasteiger partial charge on any atom is -0.394 e. The quantitative estimate of drug-likeness (QED) is 0.0518. The van der Waals surface area contributed by atoms with Crippen LogP contribution in [-0.2, 0) is 4.79 Å². The number of aliphatic hydroxyl groups is 3. The zero-order valence-electron chi connectivity index (χ0n) is 26.5. The number of unbranched alkanes of at least 4 members (excludes halogenated alkanes) is 19. The van der Waals surface area contributed by atoms with Crippen molar-refractivity contribution in [2.75, 3.05) is 6.61 Å². The molecular formula is C35H67NO4. The summed E-state index contributed by atoms with van der Waals surface area (Å²) in [6, 6.07) is -0.754. The lowest BCUT2D eigenvalue weighted by Crippen LogP contribution is -2.45. The largest absolute Gasteiger partial charge is 0.394 e. The molecule has 0 radical (unpaired) electrons. The van der Waals surface area contributed by atoms with E-state index >= 15 is 0 Å². The minimum absolute atomic E-state index is 0.00730. The SMILES string of the molecule is CCCCCCCCCCCCC/C=C/CC/C=C/C(O)C(CO)NC(=O)CC(O)CCCCCCCCCC. The van der Waals surface area contributed by atoms with E-state index in [0.717, 1.165) is 32.1 Å². The van der Waals surface area contributed by atoms with Crippen LogP contribution in [0.1, 0.15) is 168 Å². The average molecular weight is 566 g/mol. The summed E-state index contributed by atoms with van der Waals surface area (Å²) in [6.07, 6.45) is 34.5. The van der Waals surface area contributed by atoms with Crippen LogP contribution in [0.3, 0.4) is 0 Å². The first-order valence-electron chi connectivity index (χ1n) is 17.1. The van der Waals surface area contributed by atoms with Crippen LogP contribution in [0, 0.1) is 0 Å². The summed E-state index contributed by atoms with van der Waals surface area (Å²) in [4.78, 5) is 12.3. The molecule has 0 aromatic heterocycles.